The lowest BCUT2D eigenvalue weighted by Crippen LogP contribution is -2.62. The van der Waals surface area contributed by atoms with E-state index in [2.05, 4.69) is 67.2 Å². The Bertz CT molecular complexity index is 458. The molecule has 0 saturated carbocycles. The van der Waals surface area contributed by atoms with Gasteiger partial charge in [0.1, 0.15) is 0 Å². The summed E-state index contributed by atoms with van der Waals surface area (Å²) in [6.07, 6.45) is 7.94. The third kappa shape index (κ3) is 3.42. The maximum atomic E-state index is 5.74. The molecule has 2 atom stereocenters. The van der Waals surface area contributed by atoms with Gasteiger partial charge in [-0.25, -0.2) is 0 Å². The highest BCUT2D eigenvalue weighted by Gasteiger charge is 2.35. The van der Waals surface area contributed by atoms with Crippen LogP contribution in [-0.4, -0.2) is 35.6 Å². The number of nitrogens with zero attached hydrogens (tertiary/aromatic N) is 1. The molecule has 2 unspecified atom stereocenters. The number of rotatable bonds is 4. The summed E-state index contributed by atoms with van der Waals surface area (Å²) in [4.78, 5) is 2.50. The van der Waals surface area contributed by atoms with Gasteiger partial charge in [0.15, 0.2) is 0 Å². The summed E-state index contributed by atoms with van der Waals surface area (Å²) in [5.41, 5.74) is 1.22. The molecule has 1 fully saturated rings. The minimum Gasteiger partial charge on any atom is -0.311 e. The number of terminal acetylenes is 1. The van der Waals surface area contributed by atoms with Crippen molar-refractivity contribution in [1.82, 2.24) is 10.2 Å². The van der Waals surface area contributed by atoms with Crippen LogP contribution in [0.15, 0.2) is 30.3 Å². The molecule has 0 amide bonds. The number of hydrogen-bond donors (Lipinski definition) is 1. The van der Waals surface area contributed by atoms with Crippen LogP contribution in [0, 0.1) is 12.3 Å². The van der Waals surface area contributed by atoms with Gasteiger partial charge in [-0.05, 0) is 32.3 Å². The number of benzene rings is 1. The molecule has 2 nitrogen and oxygen atoms in total. The predicted molar refractivity (Wildman–Crippen MR) is 85.6 cm³/mol. The highest BCUT2D eigenvalue weighted by atomic mass is 15.3. The summed E-state index contributed by atoms with van der Waals surface area (Å²) in [5, 5.41) is 3.68. The van der Waals surface area contributed by atoms with Crippen LogP contribution in [0.4, 0.5) is 0 Å². The smallest absolute Gasteiger partial charge is 0.0769 e. The quantitative estimate of drug-likeness (QED) is 0.846. The minimum absolute atomic E-state index is 0.169. The van der Waals surface area contributed by atoms with Crippen LogP contribution in [0.1, 0.15) is 32.8 Å². The van der Waals surface area contributed by atoms with Crippen LogP contribution in [-0.2, 0) is 6.42 Å². The van der Waals surface area contributed by atoms with E-state index in [0.717, 1.165) is 25.9 Å². The van der Waals surface area contributed by atoms with E-state index >= 15 is 0 Å². The van der Waals surface area contributed by atoms with Gasteiger partial charge in [0.05, 0.1) is 5.54 Å². The molecule has 108 valence electrons. The van der Waals surface area contributed by atoms with Gasteiger partial charge in [-0.2, -0.15) is 0 Å². The van der Waals surface area contributed by atoms with Crippen LogP contribution in [0.2, 0.25) is 0 Å². The maximum Gasteiger partial charge on any atom is 0.0769 e. The summed E-state index contributed by atoms with van der Waals surface area (Å²) >= 11 is 0. The lowest BCUT2D eigenvalue weighted by Gasteiger charge is -2.46. The largest absolute Gasteiger partial charge is 0.311 e. The zero-order chi connectivity index (χ0) is 14.6. The first-order valence-electron chi connectivity index (χ1n) is 7.58. The van der Waals surface area contributed by atoms with Gasteiger partial charge in [0.25, 0.3) is 0 Å². The van der Waals surface area contributed by atoms with E-state index in [9.17, 15) is 0 Å². The monoisotopic (exact) mass is 270 g/mol. The van der Waals surface area contributed by atoms with Gasteiger partial charge in [-0.1, -0.05) is 43.2 Å². The zero-order valence-electron chi connectivity index (χ0n) is 12.9. The third-order valence-corrected chi connectivity index (χ3v) is 4.37. The Labute approximate surface area is 123 Å². The number of hydrogen-bond acceptors (Lipinski definition) is 2. The second-order valence-corrected chi connectivity index (χ2v) is 6.21. The fourth-order valence-corrected chi connectivity index (χ4v) is 3.03. The van der Waals surface area contributed by atoms with Gasteiger partial charge in [-0.15, -0.1) is 6.42 Å². The summed E-state index contributed by atoms with van der Waals surface area (Å²) in [5.74, 6) is 2.96. The van der Waals surface area contributed by atoms with Crippen molar-refractivity contribution in [3.63, 3.8) is 0 Å². The molecule has 0 spiro atoms. The first-order valence-corrected chi connectivity index (χ1v) is 7.58. The molecule has 1 aliphatic heterocycles. The molecule has 0 aromatic heterocycles. The van der Waals surface area contributed by atoms with E-state index in [4.69, 9.17) is 6.42 Å². The predicted octanol–water partition coefficient (Wildman–Crippen LogP) is 2.69. The molecule has 0 bridgehead atoms. The Hall–Kier alpha value is -1.30. The third-order valence-electron chi connectivity index (χ3n) is 4.37. The van der Waals surface area contributed by atoms with Crippen molar-refractivity contribution in [2.75, 3.05) is 13.1 Å². The van der Waals surface area contributed by atoms with Gasteiger partial charge < -0.3 is 5.32 Å². The highest BCUT2D eigenvalue weighted by molar-refractivity contribution is 5.17. The van der Waals surface area contributed by atoms with Crippen molar-refractivity contribution in [3.05, 3.63) is 35.9 Å². The van der Waals surface area contributed by atoms with Crippen LogP contribution in [0.25, 0.3) is 0 Å². The number of piperazine rings is 1. The van der Waals surface area contributed by atoms with Gasteiger partial charge in [0, 0.05) is 25.2 Å². The summed E-state index contributed by atoms with van der Waals surface area (Å²) < 4.78 is 0. The normalized spacial score (nSPS) is 24.3. The molecule has 1 aromatic carbocycles. The summed E-state index contributed by atoms with van der Waals surface area (Å²) in [7, 11) is 0. The van der Waals surface area contributed by atoms with E-state index < -0.39 is 0 Å². The number of nitrogens with one attached hydrogen (secondary N) is 1. The van der Waals surface area contributed by atoms with Gasteiger partial charge >= 0.3 is 0 Å². The fraction of sp³-hybridized carbons (Fsp3) is 0.556. The van der Waals surface area contributed by atoms with E-state index in [1.807, 2.05) is 0 Å². The van der Waals surface area contributed by atoms with Crippen molar-refractivity contribution < 1.29 is 0 Å². The Kier molecular flexibility index (Phi) is 4.86. The molecule has 1 saturated heterocycles. The van der Waals surface area contributed by atoms with Crippen LogP contribution < -0.4 is 5.32 Å². The second-order valence-electron chi connectivity index (χ2n) is 6.21. The van der Waals surface area contributed by atoms with Crippen LogP contribution in [0.3, 0.4) is 0 Å². The topological polar surface area (TPSA) is 15.3 Å². The molecule has 2 heteroatoms. The Morgan fingerprint density at radius 2 is 2.05 bits per heavy atom. The zero-order valence-corrected chi connectivity index (χ0v) is 12.9. The Morgan fingerprint density at radius 1 is 1.35 bits per heavy atom. The van der Waals surface area contributed by atoms with Gasteiger partial charge in [0.2, 0.25) is 0 Å². The van der Waals surface area contributed by atoms with E-state index in [1.54, 1.807) is 0 Å². The molecule has 1 aliphatic rings. The van der Waals surface area contributed by atoms with E-state index in [-0.39, 0.29) is 5.54 Å². The molecule has 20 heavy (non-hydrogen) atoms. The van der Waals surface area contributed by atoms with Gasteiger partial charge in [-0.3, -0.25) is 4.90 Å². The Balaban J connectivity index is 2.07. The van der Waals surface area contributed by atoms with Crippen molar-refractivity contribution in [2.24, 2.45) is 0 Å². The van der Waals surface area contributed by atoms with Crippen LogP contribution >= 0.6 is 0 Å². The molecule has 1 N–H and O–H groups in total. The molecule has 2 rings (SSSR count). The fourth-order valence-electron chi connectivity index (χ4n) is 3.03. The molecule has 1 heterocycles. The standard InChI is InChI=1S/C18H26N2/c1-5-17-13-19-16(12-15-10-8-7-9-11-15)14-20(17)18(3,4)6-2/h2,7-11,16-17,19H,5,12-14H2,1,3-4H3. The van der Waals surface area contributed by atoms with Crippen molar-refractivity contribution in [1.29, 1.82) is 0 Å². The Morgan fingerprint density at radius 3 is 2.65 bits per heavy atom. The van der Waals surface area contributed by atoms with E-state index in [1.165, 1.54) is 5.56 Å². The molecular weight excluding hydrogens is 244 g/mol. The van der Waals surface area contributed by atoms with E-state index in [0.29, 0.717) is 12.1 Å². The highest BCUT2D eigenvalue weighted by Crippen LogP contribution is 2.23. The van der Waals surface area contributed by atoms with Crippen molar-refractivity contribution >= 4 is 0 Å². The maximum absolute atomic E-state index is 5.74. The first kappa shape index (κ1) is 15.1. The lowest BCUT2D eigenvalue weighted by molar-refractivity contribution is 0.0607. The minimum atomic E-state index is -0.169. The first-order chi connectivity index (χ1) is 9.56. The van der Waals surface area contributed by atoms with Crippen LogP contribution in [0.5, 0.6) is 0 Å². The average Bonchev–Trinajstić information content (AvgIpc) is 2.48. The average molecular weight is 270 g/mol. The second kappa shape index (κ2) is 6.43. The molecule has 0 aliphatic carbocycles. The summed E-state index contributed by atoms with van der Waals surface area (Å²) in [6.45, 7) is 8.59. The lowest BCUT2D eigenvalue weighted by atomic mass is 9.94. The molecular formula is C18H26N2. The molecule has 1 aromatic rings. The molecule has 0 radical (unpaired) electrons. The summed E-state index contributed by atoms with van der Waals surface area (Å²) in [6, 6.07) is 11.7. The SMILES string of the molecule is C#CC(C)(C)N1CC(Cc2ccccc2)NCC1CC. The van der Waals surface area contributed by atoms with Crippen molar-refractivity contribution in [3.8, 4) is 12.3 Å². The van der Waals surface area contributed by atoms with Crippen molar-refractivity contribution in [2.45, 2.75) is 51.2 Å².